The zero-order valence-electron chi connectivity index (χ0n) is 14.7. The lowest BCUT2D eigenvalue weighted by molar-refractivity contribution is -0.121. The van der Waals surface area contributed by atoms with Crippen LogP contribution in [0, 0.1) is 6.92 Å². The maximum atomic E-state index is 11.9. The summed E-state index contributed by atoms with van der Waals surface area (Å²) < 4.78 is 5.45. The highest BCUT2D eigenvalue weighted by Crippen LogP contribution is 2.18. The first kappa shape index (κ1) is 17.7. The molecule has 0 saturated heterocycles. The molecule has 1 aromatic carbocycles. The summed E-state index contributed by atoms with van der Waals surface area (Å²) in [5, 5.41) is 13.0. The molecule has 0 unspecified atom stereocenters. The Kier molecular flexibility index (Phi) is 5.89. The summed E-state index contributed by atoms with van der Waals surface area (Å²) in [6.07, 6.45) is 1.41. The SMILES string of the molecule is Cc1ccc(CCC(=O)NC[C@H](O)CN2CCc3ccccc3C2)o1. The Balaban J connectivity index is 1.36. The van der Waals surface area contributed by atoms with Crippen LogP contribution in [0.25, 0.3) is 0 Å². The van der Waals surface area contributed by atoms with Crippen LogP contribution in [-0.2, 0) is 24.2 Å². The highest BCUT2D eigenvalue weighted by molar-refractivity contribution is 5.76. The monoisotopic (exact) mass is 342 g/mol. The van der Waals surface area contributed by atoms with Gasteiger partial charge in [0.05, 0.1) is 6.10 Å². The van der Waals surface area contributed by atoms with Gasteiger partial charge in [-0.15, -0.1) is 0 Å². The van der Waals surface area contributed by atoms with Gasteiger partial charge in [0.25, 0.3) is 0 Å². The number of amides is 1. The Labute approximate surface area is 148 Å². The molecule has 0 spiro atoms. The summed E-state index contributed by atoms with van der Waals surface area (Å²) in [5.74, 6) is 1.62. The van der Waals surface area contributed by atoms with E-state index in [9.17, 15) is 9.90 Å². The predicted octanol–water partition coefficient (Wildman–Crippen LogP) is 2.06. The molecule has 0 radical (unpaired) electrons. The first-order chi connectivity index (χ1) is 12.1. The topological polar surface area (TPSA) is 65.7 Å². The smallest absolute Gasteiger partial charge is 0.220 e. The fraction of sp³-hybridized carbons (Fsp3) is 0.450. The van der Waals surface area contributed by atoms with Crippen LogP contribution in [-0.4, -0.2) is 41.7 Å². The molecule has 0 fully saturated rings. The Bertz CT molecular complexity index is 710. The molecule has 1 aliphatic rings. The number of fused-ring (bicyclic) bond motifs is 1. The fourth-order valence-corrected chi connectivity index (χ4v) is 3.25. The van der Waals surface area contributed by atoms with Gasteiger partial charge in [0.2, 0.25) is 5.91 Å². The Morgan fingerprint density at radius 2 is 2.08 bits per heavy atom. The number of furan rings is 1. The van der Waals surface area contributed by atoms with E-state index in [4.69, 9.17) is 4.42 Å². The van der Waals surface area contributed by atoms with E-state index in [1.54, 1.807) is 0 Å². The van der Waals surface area contributed by atoms with Gasteiger partial charge in [0.15, 0.2) is 0 Å². The first-order valence-electron chi connectivity index (χ1n) is 8.89. The number of hydrogen-bond acceptors (Lipinski definition) is 4. The molecule has 2 heterocycles. The fourth-order valence-electron chi connectivity index (χ4n) is 3.25. The molecule has 1 aliphatic heterocycles. The zero-order chi connectivity index (χ0) is 17.6. The number of rotatable bonds is 7. The Morgan fingerprint density at radius 3 is 2.84 bits per heavy atom. The molecule has 2 N–H and O–H groups in total. The highest BCUT2D eigenvalue weighted by Gasteiger charge is 2.18. The van der Waals surface area contributed by atoms with Gasteiger partial charge in [-0.1, -0.05) is 24.3 Å². The maximum absolute atomic E-state index is 11.9. The van der Waals surface area contributed by atoms with Gasteiger partial charge in [-0.05, 0) is 36.6 Å². The van der Waals surface area contributed by atoms with Crippen LogP contribution in [0.3, 0.4) is 0 Å². The normalized spacial score (nSPS) is 15.6. The van der Waals surface area contributed by atoms with Crippen LogP contribution in [0.5, 0.6) is 0 Å². The summed E-state index contributed by atoms with van der Waals surface area (Å²) in [5.41, 5.74) is 2.73. The second kappa shape index (κ2) is 8.32. The lowest BCUT2D eigenvalue weighted by Crippen LogP contribution is -2.42. The van der Waals surface area contributed by atoms with Crippen molar-refractivity contribution in [1.29, 1.82) is 0 Å². The van der Waals surface area contributed by atoms with Gasteiger partial charge in [0, 0.05) is 39.0 Å². The number of carbonyl (C=O) groups excluding carboxylic acids is 1. The molecule has 0 bridgehead atoms. The van der Waals surface area contributed by atoms with Crippen LogP contribution in [0.15, 0.2) is 40.8 Å². The van der Waals surface area contributed by atoms with Gasteiger partial charge < -0.3 is 14.8 Å². The number of aliphatic hydroxyl groups excluding tert-OH is 1. The van der Waals surface area contributed by atoms with Gasteiger partial charge in [-0.25, -0.2) is 0 Å². The highest BCUT2D eigenvalue weighted by atomic mass is 16.3. The van der Waals surface area contributed by atoms with Crippen molar-refractivity contribution in [2.75, 3.05) is 19.6 Å². The molecular weight excluding hydrogens is 316 g/mol. The summed E-state index contributed by atoms with van der Waals surface area (Å²) in [4.78, 5) is 14.1. The minimum Gasteiger partial charge on any atom is -0.466 e. The van der Waals surface area contributed by atoms with E-state index in [1.165, 1.54) is 11.1 Å². The number of hydrogen-bond donors (Lipinski definition) is 2. The van der Waals surface area contributed by atoms with Crippen LogP contribution < -0.4 is 5.32 Å². The minimum absolute atomic E-state index is 0.0582. The van der Waals surface area contributed by atoms with Crippen molar-refractivity contribution >= 4 is 5.91 Å². The van der Waals surface area contributed by atoms with Crippen LogP contribution in [0.2, 0.25) is 0 Å². The lowest BCUT2D eigenvalue weighted by atomic mass is 10.00. The molecule has 5 nitrogen and oxygen atoms in total. The average Bonchev–Trinajstić information content (AvgIpc) is 3.03. The molecule has 134 valence electrons. The molecular formula is C20H26N2O3. The van der Waals surface area contributed by atoms with Crippen molar-refractivity contribution in [2.24, 2.45) is 0 Å². The third-order valence-corrected chi connectivity index (χ3v) is 4.61. The molecule has 2 aromatic rings. The van der Waals surface area contributed by atoms with E-state index in [1.807, 2.05) is 19.1 Å². The largest absolute Gasteiger partial charge is 0.466 e. The van der Waals surface area contributed by atoms with Crippen molar-refractivity contribution in [3.63, 3.8) is 0 Å². The van der Waals surface area contributed by atoms with E-state index < -0.39 is 6.10 Å². The number of nitrogens with one attached hydrogen (secondary N) is 1. The van der Waals surface area contributed by atoms with Crippen molar-refractivity contribution in [2.45, 2.75) is 38.8 Å². The van der Waals surface area contributed by atoms with E-state index in [2.05, 4.69) is 34.5 Å². The molecule has 5 heteroatoms. The molecule has 25 heavy (non-hydrogen) atoms. The van der Waals surface area contributed by atoms with E-state index in [-0.39, 0.29) is 12.5 Å². The molecule has 3 rings (SSSR count). The van der Waals surface area contributed by atoms with Crippen LogP contribution in [0.4, 0.5) is 0 Å². The minimum atomic E-state index is -0.555. The Hall–Kier alpha value is -2.11. The molecule has 1 atom stereocenters. The molecule has 1 aromatic heterocycles. The third-order valence-electron chi connectivity index (χ3n) is 4.61. The number of aliphatic hydroxyl groups is 1. The van der Waals surface area contributed by atoms with E-state index in [0.29, 0.717) is 19.4 Å². The lowest BCUT2D eigenvalue weighted by Gasteiger charge is -2.30. The van der Waals surface area contributed by atoms with Gasteiger partial charge in [0.1, 0.15) is 11.5 Å². The second-order valence-corrected chi connectivity index (χ2v) is 6.72. The molecule has 1 amide bonds. The number of nitrogens with zero attached hydrogens (tertiary/aromatic N) is 1. The third kappa shape index (κ3) is 5.18. The van der Waals surface area contributed by atoms with Gasteiger partial charge in [-0.3, -0.25) is 9.69 Å². The van der Waals surface area contributed by atoms with Gasteiger partial charge in [-0.2, -0.15) is 0 Å². The predicted molar refractivity (Wildman–Crippen MR) is 96.2 cm³/mol. The van der Waals surface area contributed by atoms with E-state index in [0.717, 1.165) is 31.0 Å². The number of carbonyl (C=O) groups is 1. The summed E-state index contributed by atoms with van der Waals surface area (Å²) in [6.45, 7) is 4.55. The van der Waals surface area contributed by atoms with Crippen molar-refractivity contribution < 1.29 is 14.3 Å². The number of β-amino-alcohol motifs (C(OH)–C–C–N with tert-alkyl or cyclic N) is 1. The zero-order valence-corrected chi connectivity index (χ0v) is 14.7. The summed E-state index contributed by atoms with van der Waals surface area (Å²) in [7, 11) is 0. The number of benzene rings is 1. The van der Waals surface area contributed by atoms with Crippen LogP contribution in [0.1, 0.15) is 29.1 Å². The Morgan fingerprint density at radius 1 is 1.28 bits per heavy atom. The van der Waals surface area contributed by atoms with Crippen molar-refractivity contribution in [1.82, 2.24) is 10.2 Å². The first-order valence-corrected chi connectivity index (χ1v) is 8.89. The summed E-state index contributed by atoms with van der Waals surface area (Å²) in [6, 6.07) is 12.2. The number of aryl methyl sites for hydroxylation is 2. The van der Waals surface area contributed by atoms with Crippen molar-refractivity contribution in [3.8, 4) is 0 Å². The second-order valence-electron chi connectivity index (χ2n) is 6.72. The standard InChI is InChI=1S/C20H26N2O3/c1-15-6-7-19(25-15)8-9-20(24)21-12-18(23)14-22-11-10-16-4-2-3-5-17(16)13-22/h2-7,18,23H,8-14H2,1H3,(H,21,24)/t18-/m0/s1. The molecule has 0 aliphatic carbocycles. The van der Waals surface area contributed by atoms with Crippen molar-refractivity contribution in [3.05, 3.63) is 59.0 Å². The van der Waals surface area contributed by atoms with Crippen LogP contribution >= 0.6 is 0 Å². The van der Waals surface area contributed by atoms with Gasteiger partial charge >= 0.3 is 0 Å². The maximum Gasteiger partial charge on any atom is 0.220 e. The summed E-state index contributed by atoms with van der Waals surface area (Å²) >= 11 is 0. The average molecular weight is 342 g/mol. The molecule has 0 saturated carbocycles. The van der Waals surface area contributed by atoms with E-state index >= 15 is 0 Å². The quantitative estimate of drug-likeness (QED) is 0.808.